The maximum Gasteiger partial charge on any atom is 0.229 e. The summed E-state index contributed by atoms with van der Waals surface area (Å²) in [6.07, 6.45) is 10.6. The standard InChI is InChI=1S/C27H37FN2O2S.C2H6.H2/c1-20-17-26(28)9-7-23(20)13-16-30-14-11-22(12-15-30)18-21-3-5-24-8-10-27(29-33(2,31)32)19-25(24)6-4-21;1-2;/h7-10,17,19,21-22,29H,3-6,11-16,18H2,1-2H3;1-2H3;1H/t21-;;/m0../s1. The Bertz CT molecular complexity index is 1070. The third-order valence-corrected chi connectivity index (χ3v) is 8.14. The number of fused-ring (bicyclic) bond motifs is 1. The molecule has 0 unspecified atom stereocenters. The highest BCUT2D eigenvalue weighted by Crippen LogP contribution is 2.33. The lowest BCUT2D eigenvalue weighted by atomic mass is 9.83. The first-order valence-electron chi connectivity index (χ1n) is 13.3. The Morgan fingerprint density at radius 3 is 2.29 bits per heavy atom. The number of rotatable bonds is 7. The molecule has 1 aliphatic heterocycles. The fourth-order valence-electron chi connectivity index (χ4n) is 5.61. The zero-order valence-electron chi connectivity index (χ0n) is 21.9. The molecular formula is C29H45FN2O2S. The highest BCUT2D eigenvalue weighted by atomic mass is 32.2. The normalized spacial score (nSPS) is 19.3. The first kappa shape index (κ1) is 27.7. The number of piperidine rings is 1. The number of nitrogens with one attached hydrogen (secondary N) is 1. The zero-order valence-corrected chi connectivity index (χ0v) is 22.8. The van der Waals surface area contributed by atoms with Gasteiger partial charge in [-0.1, -0.05) is 26.0 Å². The number of benzene rings is 2. The molecule has 4 nitrogen and oxygen atoms in total. The molecule has 2 aromatic carbocycles. The monoisotopic (exact) mass is 504 g/mol. The van der Waals surface area contributed by atoms with Crippen molar-refractivity contribution in [3.63, 3.8) is 0 Å². The molecule has 1 heterocycles. The number of likely N-dealkylation sites (tertiary alicyclic amines) is 1. The molecule has 1 saturated heterocycles. The van der Waals surface area contributed by atoms with Crippen molar-refractivity contribution in [3.8, 4) is 0 Å². The number of sulfonamides is 1. The summed E-state index contributed by atoms with van der Waals surface area (Å²) in [5, 5.41) is 0. The summed E-state index contributed by atoms with van der Waals surface area (Å²) in [7, 11) is -3.24. The number of anilines is 1. The molecule has 0 bridgehead atoms. The maximum absolute atomic E-state index is 13.3. The van der Waals surface area contributed by atoms with Gasteiger partial charge in [0, 0.05) is 13.7 Å². The van der Waals surface area contributed by atoms with Gasteiger partial charge in [-0.05, 0) is 130 Å². The Kier molecular flexibility index (Phi) is 10.2. The van der Waals surface area contributed by atoms with Crippen LogP contribution in [0.2, 0.25) is 0 Å². The first-order chi connectivity index (χ1) is 16.7. The summed E-state index contributed by atoms with van der Waals surface area (Å²) < 4.78 is 39.0. The van der Waals surface area contributed by atoms with Crippen molar-refractivity contribution in [1.29, 1.82) is 0 Å². The molecule has 0 aromatic heterocycles. The van der Waals surface area contributed by atoms with Gasteiger partial charge in [-0.3, -0.25) is 4.72 Å². The number of halogens is 1. The van der Waals surface area contributed by atoms with Gasteiger partial charge in [-0.25, -0.2) is 12.8 Å². The average molecular weight is 505 g/mol. The minimum Gasteiger partial charge on any atom is -0.303 e. The van der Waals surface area contributed by atoms with Gasteiger partial charge < -0.3 is 4.90 Å². The Balaban J connectivity index is 0.00000148. The molecule has 0 amide bonds. The summed E-state index contributed by atoms with van der Waals surface area (Å²) in [5.74, 6) is 1.41. The molecule has 1 atom stereocenters. The van der Waals surface area contributed by atoms with Gasteiger partial charge in [0.1, 0.15) is 5.82 Å². The minimum absolute atomic E-state index is 0. The highest BCUT2D eigenvalue weighted by molar-refractivity contribution is 7.92. The molecule has 1 aliphatic carbocycles. The van der Waals surface area contributed by atoms with E-state index in [1.54, 1.807) is 12.1 Å². The zero-order chi connectivity index (χ0) is 25.4. The highest BCUT2D eigenvalue weighted by Gasteiger charge is 2.24. The Morgan fingerprint density at radius 1 is 0.971 bits per heavy atom. The topological polar surface area (TPSA) is 49.4 Å². The fourth-order valence-corrected chi connectivity index (χ4v) is 6.17. The quantitative estimate of drug-likeness (QED) is 0.431. The largest absolute Gasteiger partial charge is 0.303 e. The van der Waals surface area contributed by atoms with Crippen LogP contribution in [0.15, 0.2) is 36.4 Å². The fraction of sp³-hybridized carbons (Fsp3) is 0.586. The molecule has 196 valence electrons. The summed E-state index contributed by atoms with van der Waals surface area (Å²) in [6, 6.07) is 11.2. The van der Waals surface area contributed by atoms with Gasteiger partial charge in [0.25, 0.3) is 0 Å². The van der Waals surface area contributed by atoms with Crippen LogP contribution < -0.4 is 4.72 Å². The van der Waals surface area contributed by atoms with E-state index >= 15 is 0 Å². The van der Waals surface area contributed by atoms with Crippen molar-refractivity contribution in [1.82, 2.24) is 4.90 Å². The van der Waals surface area contributed by atoms with Crippen LogP contribution in [0, 0.1) is 24.6 Å². The van der Waals surface area contributed by atoms with Crippen LogP contribution in [0.5, 0.6) is 0 Å². The van der Waals surface area contributed by atoms with Gasteiger partial charge in [-0.2, -0.15) is 0 Å². The first-order valence-corrected chi connectivity index (χ1v) is 15.2. The SMILES string of the molecule is CC.Cc1cc(F)ccc1CCN1CCC(C[C@H]2CCc3ccc(NS(C)(=O)=O)cc3CC2)CC1.[HH]. The lowest BCUT2D eigenvalue weighted by Crippen LogP contribution is -2.35. The molecule has 1 fully saturated rings. The third kappa shape index (κ3) is 8.60. The van der Waals surface area contributed by atoms with Crippen LogP contribution in [0.25, 0.3) is 0 Å². The average Bonchev–Trinajstić information content (AvgIpc) is 3.02. The van der Waals surface area contributed by atoms with E-state index in [2.05, 4.69) is 15.7 Å². The molecule has 1 N–H and O–H groups in total. The van der Waals surface area contributed by atoms with Crippen molar-refractivity contribution in [2.45, 2.75) is 72.1 Å². The molecule has 6 heteroatoms. The summed E-state index contributed by atoms with van der Waals surface area (Å²) >= 11 is 0. The van der Waals surface area contributed by atoms with E-state index in [0.717, 1.165) is 43.2 Å². The molecule has 2 aromatic rings. The van der Waals surface area contributed by atoms with Crippen molar-refractivity contribution in [2.24, 2.45) is 11.8 Å². The second kappa shape index (κ2) is 12.9. The second-order valence-electron chi connectivity index (χ2n) is 10.1. The molecule has 0 spiro atoms. The van der Waals surface area contributed by atoms with E-state index in [-0.39, 0.29) is 7.24 Å². The number of hydrogen-bond acceptors (Lipinski definition) is 3. The molecule has 35 heavy (non-hydrogen) atoms. The second-order valence-corrected chi connectivity index (χ2v) is 11.9. The van der Waals surface area contributed by atoms with Crippen LogP contribution >= 0.6 is 0 Å². The molecule has 0 saturated carbocycles. The van der Waals surface area contributed by atoms with Gasteiger partial charge >= 0.3 is 0 Å². The lowest BCUT2D eigenvalue weighted by Gasteiger charge is -2.33. The third-order valence-electron chi connectivity index (χ3n) is 7.53. The van der Waals surface area contributed by atoms with Crippen molar-refractivity contribution in [3.05, 3.63) is 64.5 Å². The van der Waals surface area contributed by atoms with Gasteiger partial charge in [0.2, 0.25) is 10.0 Å². The summed E-state index contributed by atoms with van der Waals surface area (Å²) in [4.78, 5) is 2.57. The summed E-state index contributed by atoms with van der Waals surface area (Å²) in [5.41, 5.74) is 5.67. The van der Waals surface area contributed by atoms with Crippen LogP contribution in [0.3, 0.4) is 0 Å². The molecule has 2 aliphatic rings. The van der Waals surface area contributed by atoms with E-state index in [4.69, 9.17) is 0 Å². The Labute approximate surface area is 213 Å². The van der Waals surface area contributed by atoms with E-state index in [1.165, 1.54) is 68.1 Å². The predicted molar refractivity (Wildman–Crippen MR) is 147 cm³/mol. The predicted octanol–water partition coefficient (Wildman–Crippen LogP) is 6.62. The number of nitrogens with zero attached hydrogens (tertiary/aromatic N) is 1. The lowest BCUT2D eigenvalue weighted by molar-refractivity contribution is 0.165. The van der Waals surface area contributed by atoms with Gasteiger partial charge in [0.15, 0.2) is 0 Å². The van der Waals surface area contributed by atoms with Crippen LogP contribution in [-0.4, -0.2) is 39.2 Å². The smallest absolute Gasteiger partial charge is 0.229 e. The van der Waals surface area contributed by atoms with Crippen LogP contribution in [0.4, 0.5) is 10.1 Å². The van der Waals surface area contributed by atoms with Gasteiger partial charge in [-0.15, -0.1) is 0 Å². The summed E-state index contributed by atoms with van der Waals surface area (Å²) in [6.45, 7) is 9.39. The molecule has 0 radical (unpaired) electrons. The van der Waals surface area contributed by atoms with Gasteiger partial charge in [0.05, 0.1) is 6.26 Å². The Morgan fingerprint density at radius 2 is 1.63 bits per heavy atom. The number of hydrogen-bond donors (Lipinski definition) is 1. The van der Waals surface area contributed by atoms with E-state index < -0.39 is 10.0 Å². The van der Waals surface area contributed by atoms with Crippen molar-refractivity contribution in [2.75, 3.05) is 30.6 Å². The van der Waals surface area contributed by atoms with Crippen molar-refractivity contribution >= 4 is 15.7 Å². The van der Waals surface area contributed by atoms with Crippen molar-refractivity contribution < 1.29 is 14.2 Å². The van der Waals surface area contributed by atoms with Crippen LogP contribution in [0.1, 0.15) is 69.6 Å². The van der Waals surface area contributed by atoms with E-state index in [0.29, 0.717) is 5.69 Å². The molecular weight excluding hydrogens is 459 g/mol. The van der Waals surface area contributed by atoms with E-state index in [1.807, 2.05) is 39.0 Å². The number of aryl methyl sites for hydroxylation is 3. The van der Waals surface area contributed by atoms with Crippen LogP contribution in [-0.2, 0) is 29.3 Å². The molecule has 4 rings (SSSR count). The maximum atomic E-state index is 13.3. The minimum atomic E-state index is -3.24. The Hall–Kier alpha value is -1.92. The van der Waals surface area contributed by atoms with E-state index in [9.17, 15) is 12.8 Å².